The molecule has 1 saturated carbocycles. The van der Waals surface area contributed by atoms with E-state index < -0.39 is 5.60 Å². The molecule has 1 aliphatic rings. The summed E-state index contributed by atoms with van der Waals surface area (Å²) in [5, 5.41) is 11.7. The normalized spacial score (nSPS) is 16.7. The van der Waals surface area contributed by atoms with E-state index in [1.807, 2.05) is 32.9 Å². The summed E-state index contributed by atoms with van der Waals surface area (Å²) < 4.78 is 5.68. The molecule has 20 heavy (non-hydrogen) atoms. The summed E-state index contributed by atoms with van der Waals surface area (Å²) >= 11 is 0. The van der Waals surface area contributed by atoms with E-state index in [9.17, 15) is 4.79 Å². The lowest BCUT2D eigenvalue weighted by atomic mass is 9.74. The third-order valence-corrected chi connectivity index (χ3v) is 3.47. The number of nitriles is 1. The lowest BCUT2D eigenvalue weighted by Gasteiger charge is -2.42. The average molecular weight is 272 g/mol. The fraction of sp³-hybridized carbons (Fsp3) is 0.500. The lowest BCUT2D eigenvalue weighted by molar-refractivity contribution is -0.0549. The molecule has 106 valence electrons. The van der Waals surface area contributed by atoms with E-state index in [0.29, 0.717) is 5.56 Å². The van der Waals surface area contributed by atoms with Crippen molar-refractivity contribution in [1.82, 2.24) is 5.32 Å². The van der Waals surface area contributed by atoms with E-state index in [0.717, 1.165) is 24.8 Å². The van der Waals surface area contributed by atoms with Gasteiger partial charge in [0.25, 0.3) is 0 Å². The molecule has 1 aromatic rings. The largest absolute Gasteiger partial charge is 0.438 e. The van der Waals surface area contributed by atoms with E-state index in [1.54, 1.807) is 12.1 Å². The second kappa shape index (κ2) is 5.16. The van der Waals surface area contributed by atoms with Crippen molar-refractivity contribution in [1.29, 1.82) is 5.26 Å². The second-order valence-electron chi connectivity index (χ2n) is 6.30. The molecule has 0 atom stereocenters. The van der Waals surface area contributed by atoms with E-state index in [-0.39, 0.29) is 11.6 Å². The Kier molecular flexibility index (Phi) is 3.71. The van der Waals surface area contributed by atoms with E-state index in [4.69, 9.17) is 10.00 Å². The van der Waals surface area contributed by atoms with Gasteiger partial charge in [-0.1, -0.05) is 12.1 Å². The maximum absolute atomic E-state index is 12.0. The fourth-order valence-corrected chi connectivity index (χ4v) is 2.31. The number of nitrogens with zero attached hydrogens (tertiary/aromatic N) is 1. The molecule has 1 aliphatic carbocycles. The molecule has 0 aliphatic heterocycles. The highest BCUT2D eigenvalue weighted by Crippen LogP contribution is 2.44. The summed E-state index contributed by atoms with van der Waals surface area (Å²) in [7, 11) is 0. The minimum atomic E-state index is -0.524. The quantitative estimate of drug-likeness (QED) is 0.896. The van der Waals surface area contributed by atoms with Gasteiger partial charge in [-0.15, -0.1) is 0 Å². The van der Waals surface area contributed by atoms with Crippen LogP contribution < -0.4 is 5.32 Å². The van der Waals surface area contributed by atoms with Crippen LogP contribution in [0.4, 0.5) is 4.79 Å². The molecule has 0 heterocycles. The monoisotopic (exact) mass is 272 g/mol. The Morgan fingerprint density at radius 1 is 1.30 bits per heavy atom. The summed E-state index contributed by atoms with van der Waals surface area (Å²) in [5.41, 5.74) is 0.741. The molecule has 0 spiro atoms. The van der Waals surface area contributed by atoms with Crippen molar-refractivity contribution in [2.45, 2.75) is 51.2 Å². The van der Waals surface area contributed by atoms with Crippen molar-refractivity contribution in [3.63, 3.8) is 0 Å². The highest BCUT2D eigenvalue weighted by atomic mass is 16.6. The zero-order chi connectivity index (χ0) is 14.8. The molecule has 4 heteroatoms. The third kappa shape index (κ3) is 3.11. The van der Waals surface area contributed by atoms with Gasteiger partial charge in [0, 0.05) is 5.54 Å². The van der Waals surface area contributed by atoms with Crippen molar-refractivity contribution in [3.05, 3.63) is 35.4 Å². The summed E-state index contributed by atoms with van der Waals surface area (Å²) in [6.07, 6.45) is 2.32. The molecule has 0 unspecified atom stereocenters. The molecule has 2 rings (SSSR count). The number of ether oxygens (including phenoxy) is 1. The van der Waals surface area contributed by atoms with Crippen LogP contribution in [0.25, 0.3) is 0 Å². The number of carbonyl (C=O) groups excluding carboxylic acids is 1. The Hall–Kier alpha value is -2.02. The molecule has 0 radical (unpaired) electrons. The van der Waals surface area contributed by atoms with Gasteiger partial charge in [-0.05, 0) is 57.7 Å². The molecule has 1 N–H and O–H groups in total. The first-order valence-corrected chi connectivity index (χ1v) is 6.86. The van der Waals surface area contributed by atoms with E-state index in [1.165, 1.54) is 0 Å². The number of carbonyl (C=O) groups is 1. The first-order valence-electron chi connectivity index (χ1n) is 6.86. The maximum atomic E-state index is 12.0. The van der Waals surface area contributed by atoms with Crippen molar-refractivity contribution >= 4 is 6.09 Å². The minimum absolute atomic E-state index is 0.313. The van der Waals surface area contributed by atoms with Crippen LogP contribution in [0.5, 0.6) is 0 Å². The zero-order valence-corrected chi connectivity index (χ0v) is 12.2. The van der Waals surface area contributed by atoms with Gasteiger partial charge < -0.3 is 10.1 Å². The number of hydrogen-bond acceptors (Lipinski definition) is 3. The fourth-order valence-electron chi connectivity index (χ4n) is 2.31. The number of hydrogen-bond donors (Lipinski definition) is 1. The molecular formula is C16H20N2O2. The van der Waals surface area contributed by atoms with Gasteiger partial charge in [0.2, 0.25) is 0 Å². The molecule has 4 nitrogen and oxygen atoms in total. The number of benzene rings is 1. The number of rotatable bonds is 2. The Labute approximate surface area is 119 Å². The van der Waals surface area contributed by atoms with Crippen molar-refractivity contribution in [2.75, 3.05) is 0 Å². The van der Waals surface area contributed by atoms with E-state index >= 15 is 0 Å². The van der Waals surface area contributed by atoms with Crippen molar-refractivity contribution in [3.8, 4) is 6.07 Å². The van der Waals surface area contributed by atoms with Gasteiger partial charge in [0.1, 0.15) is 5.60 Å². The van der Waals surface area contributed by atoms with Crippen LogP contribution in [0.2, 0.25) is 0 Å². The Morgan fingerprint density at radius 3 is 2.30 bits per heavy atom. The summed E-state index contributed by atoms with van der Waals surface area (Å²) in [4.78, 5) is 12.0. The first kappa shape index (κ1) is 14.4. The van der Waals surface area contributed by atoms with Gasteiger partial charge >= 0.3 is 6.09 Å². The van der Waals surface area contributed by atoms with Gasteiger partial charge in [-0.3, -0.25) is 0 Å². The topological polar surface area (TPSA) is 62.1 Å². The highest BCUT2D eigenvalue weighted by molar-refractivity contribution is 5.69. The van der Waals surface area contributed by atoms with Gasteiger partial charge in [-0.2, -0.15) is 5.26 Å². The van der Waals surface area contributed by atoms with Crippen LogP contribution in [-0.4, -0.2) is 11.6 Å². The smallest absolute Gasteiger partial charge is 0.408 e. The summed E-state index contributed by atoms with van der Waals surface area (Å²) in [5.74, 6) is 0. The molecular weight excluding hydrogens is 252 g/mol. The predicted molar refractivity (Wildman–Crippen MR) is 76.1 cm³/mol. The Balaban J connectivity index is 2.13. The molecule has 1 fully saturated rings. The van der Waals surface area contributed by atoms with Crippen LogP contribution in [0.1, 0.15) is 51.2 Å². The molecule has 1 aromatic carbocycles. The number of amides is 1. The summed E-state index contributed by atoms with van der Waals surface area (Å²) in [6.45, 7) is 5.76. The number of nitrogens with one attached hydrogen (secondary N) is 1. The zero-order valence-electron chi connectivity index (χ0n) is 12.2. The predicted octanol–water partition coefficient (Wildman–Crippen LogP) is 3.46. The Bertz CT molecular complexity index is 531. The van der Waals surface area contributed by atoms with Crippen molar-refractivity contribution < 1.29 is 9.53 Å². The van der Waals surface area contributed by atoms with Gasteiger partial charge in [-0.25, -0.2) is 4.79 Å². The van der Waals surface area contributed by atoms with Gasteiger partial charge in [0.05, 0.1) is 11.6 Å². The highest BCUT2D eigenvalue weighted by Gasteiger charge is 2.43. The SMILES string of the molecule is CC(C)(C)NC(=O)OC1(c2ccc(C#N)cc2)CCC1. The minimum Gasteiger partial charge on any atom is -0.438 e. The van der Waals surface area contributed by atoms with Gasteiger partial charge in [0.15, 0.2) is 0 Å². The third-order valence-electron chi connectivity index (χ3n) is 3.47. The second-order valence-corrected chi connectivity index (χ2v) is 6.30. The summed E-state index contributed by atoms with van der Waals surface area (Å²) in [6, 6.07) is 9.38. The number of alkyl carbamates (subject to hydrolysis) is 1. The van der Waals surface area contributed by atoms with Crippen molar-refractivity contribution in [2.24, 2.45) is 0 Å². The van der Waals surface area contributed by atoms with Crippen LogP contribution in [0.3, 0.4) is 0 Å². The van der Waals surface area contributed by atoms with E-state index in [2.05, 4.69) is 11.4 Å². The van der Waals surface area contributed by atoms with Crippen LogP contribution in [0.15, 0.2) is 24.3 Å². The lowest BCUT2D eigenvalue weighted by Crippen LogP contribution is -2.47. The van der Waals surface area contributed by atoms with Crippen LogP contribution >= 0.6 is 0 Å². The maximum Gasteiger partial charge on any atom is 0.408 e. The molecule has 0 aromatic heterocycles. The molecule has 1 amide bonds. The Morgan fingerprint density at radius 2 is 1.90 bits per heavy atom. The first-order chi connectivity index (χ1) is 9.35. The molecule has 0 bridgehead atoms. The standard InChI is InChI=1S/C16H20N2O2/c1-15(2,3)18-14(19)20-16(9-4-10-16)13-7-5-12(11-17)6-8-13/h5-8H,4,9-10H2,1-3H3,(H,18,19). The average Bonchev–Trinajstić information content (AvgIpc) is 2.32. The van der Waals surface area contributed by atoms with Crippen LogP contribution in [0, 0.1) is 11.3 Å². The molecule has 0 saturated heterocycles. The van der Waals surface area contributed by atoms with Crippen LogP contribution in [-0.2, 0) is 10.3 Å².